The third-order valence-electron chi connectivity index (χ3n) is 2.85. The van der Waals surface area contributed by atoms with Crippen molar-refractivity contribution in [1.82, 2.24) is 10.0 Å². The van der Waals surface area contributed by atoms with Crippen LogP contribution in [0.2, 0.25) is 0 Å². The molecule has 1 atom stereocenters. The first-order valence-corrected chi connectivity index (χ1v) is 7.65. The first-order chi connectivity index (χ1) is 9.28. The Morgan fingerprint density at radius 2 is 2.05 bits per heavy atom. The number of amides is 1. The number of hydrogen-bond donors (Lipinski definition) is 3. The van der Waals surface area contributed by atoms with Gasteiger partial charge in [0.25, 0.3) is 0 Å². The van der Waals surface area contributed by atoms with Gasteiger partial charge in [-0.05, 0) is 38.0 Å². The number of carbonyl (C=O) groups excluding carboxylic acids is 1. The van der Waals surface area contributed by atoms with Crippen molar-refractivity contribution < 1.29 is 17.6 Å². The highest BCUT2D eigenvalue weighted by Crippen LogP contribution is 2.19. The zero-order chi connectivity index (χ0) is 14.9. The molecule has 1 aromatic carbocycles. The molecule has 1 amide bonds. The van der Waals surface area contributed by atoms with Gasteiger partial charge in [0, 0.05) is 11.7 Å². The van der Waals surface area contributed by atoms with Crippen LogP contribution in [0.1, 0.15) is 19.8 Å². The summed E-state index contributed by atoms with van der Waals surface area (Å²) in [5.74, 6) is -1.15. The second-order valence-corrected chi connectivity index (χ2v) is 6.56. The smallest absolute Gasteiger partial charge is 0.241 e. The Morgan fingerprint density at radius 1 is 1.40 bits per heavy atom. The van der Waals surface area contributed by atoms with Crippen molar-refractivity contribution in [3.63, 3.8) is 0 Å². The lowest BCUT2D eigenvalue weighted by atomic mass is 10.3. The number of nitrogens with two attached hydrogens (primary N) is 1. The summed E-state index contributed by atoms with van der Waals surface area (Å²) in [7, 11) is -4.00. The van der Waals surface area contributed by atoms with Gasteiger partial charge in [0.1, 0.15) is 5.82 Å². The molecule has 110 valence electrons. The highest BCUT2D eigenvalue weighted by molar-refractivity contribution is 7.89. The van der Waals surface area contributed by atoms with Gasteiger partial charge in [0.15, 0.2) is 0 Å². The van der Waals surface area contributed by atoms with Gasteiger partial charge < -0.3 is 11.1 Å². The molecule has 1 saturated carbocycles. The number of anilines is 1. The number of benzene rings is 1. The Balaban J connectivity index is 2.11. The Morgan fingerprint density at radius 3 is 2.60 bits per heavy atom. The van der Waals surface area contributed by atoms with Gasteiger partial charge in [-0.15, -0.1) is 0 Å². The maximum absolute atomic E-state index is 13.2. The molecule has 0 heterocycles. The van der Waals surface area contributed by atoms with E-state index >= 15 is 0 Å². The monoisotopic (exact) mass is 301 g/mol. The van der Waals surface area contributed by atoms with Gasteiger partial charge in [-0.3, -0.25) is 4.79 Å². The van der Waals surface area contributed by atoms with Crippen LogP contribution in [0.3, 0.4) is 0 Å². The van der Waals surface area contributed by atoms with Crippen LogP contribution in [0.25, 0.3) is 0 Å². The van der Waals surface area contributed by atoms with Gasteiger partial charge >= 0.3 is 0 Å². The molecule has 1 aliphatic carbocycles. The van der Waals surface area contributed by atoms with E-state index in [2.05, 4.69) is 10.0 Å². The number of nitrogens with one attached hydrogen (secondary N) is 2. The molecule has 4 N–H and O–H groups in total. The van der Waals surface area contributed by atoms with Crippen LogP contribution in [0, 0.1) is 5.82 Å². The van der Waals surface area contributed by atoms with Gasteiger partial charge in [-0.25, -0.2) is 12.8 Å². The summed E-state index contributed by atoms with van der Waals surface area (Å²) >= 11 is 0. The lowest BCUT2D eigenvalue weighted by Crippen LogP contribution is -2.45. The first-order valence-electron chi connectivity index (χ1n) is 6.17. The van der Waals surface area contributed by atoms with Crippen molar-refractivity contribution in [2.24, 2.45) is 0 Å². The van der Waals surface area contributed by atoms with Crippen LogP contribution >= 0.6 is 0 Å². The fraction of sp³-hybridized carbons (Fsp3) is 0.417. The summed E-state index contributed by atoms with van der Waals surface area (Å²) in [5, 5.41) is 2.69. The molecule has 0 spiro atoms. The standard InChI is InChI=1S/C12H16FN3O3S/c1-7(12(17)15-10-2-3-10)16-20(18,19)11-5-8(13)4-9(14)6-11/h4-7,10,16H,2-3,14H2,1H3,(H,15,17). The number of rotatable bonds is 5. The van der Waals surface area contributed by atoms with E-state index in [1.54, 1.807) is 0 Å². The van der Waals surface area contributed by atoms with Crippen molar-refractivity contribution in [3.05, 3.63) is 24.0 Å². The number of sulfonamides is 1. The van der Waals surface area contributed by atoms with E-state index in [-0.39, 0.29) is 16.6 Å². The summed E-state index contributed by atoms with van der Waals surface area (Å²) in [6, 6.07) is 2.20. The number of carbonyl (C=O) groups is 1. The molecule has 2 rings (SSSR count). The number of nitrogen functional groups attached to an aromatic ring is 1. The van der Waals surface area contributed by atoms with Crippen molar-refractivity contribution in [1.29, 1.82) is 0 Å². The largest absolute Gasteiger partial charge is 0.399 e. The maximum Gasteiger partial charge on any atom is 0.241 e. The molecular formula is C12H16FN3O3S. The van der Waals surface area contributed by atoms with E-state index in [1.807, 2.05) is 0 Å². The predicted octanol–water partition coefficient (Wildman–Crippen LogP) is 0.353. The molecule has 1 aliphatic rings. The van der Waals surface area contributed by atoms with Crippen molar-refractivity contribution in [2.75, 3.05) is 5.73 Å². The highest BCUT2D eigenvalue weighted by Gasteiger charge is 2.28. The van der Waals surface area contributed by atoms with Crippen LogP contribution in [-0.4, -0.2) is 26.4 Å². The molecule has 1 aromatic rings. The Hall–Kier alpha value is -1.67. The van der Waals surface area contributed by atoms with E-state index in [0.717, 1.165) is 31.0 Å². The minimum Gasteiger partial charge on any atom is -0.399 e. The Bertz CT molecular complexity index is 609. The molecule has 0 aromatic heterocycles. The summed E-state index contributed by atoms with van der Waals surface area (Å²) in [4.78, 5) is 11.4. The Labute approximate surface area is 116 Å². The zero-order valence-corrected chi connectivity index (χ0v) is 11.7. The SMILES string of the molecule is CC(NS(=O)(=O)c1cc(N)cc(F)c1)C(=O)NC1CC1. The number of halogens is 1. The van der Waals surface area contributed by atoms with E-state index < -0.39 is 27.8 Å². The summed E-state index contributed by atoms with van der Waals surface area (Å²) in [6.45, 7) is 1.43. The molecular weight excluding hydrogens is 285 g/mol. The predicted molar refractivity (Wildman–Crippen MR) is 71.8 cm³/mol. The molecule has 20 heavy (non-hydrogen) atoms. The van der Waals surface area contributed by atoms with Gasteiger partial charge in [0.05, 0.1) is 10.9 Å². The molecule has 6 nitrogen and oxygen atoms in total. The third kappa shape index (κ3) is 3.67. The fourth-order valence-electron chi connectivity index (χ4n) is 1.65. The van der Waals surface area contributed by atoms with E-state index in [4.69, 9.17) is 5.73 Å². The fourth-order valence-corrected chi connectivity index (χ4v) is 2.92. The minimum atomic E-state index is -4.00. The molecule has 0 bridgehead atoms. The van der Waals surface area contributed by atoms with E-state index in [0.29, 0.717) is 0 Å². The lowest BCUT2D eigenvalue weighted by molar-refractivity contribution is -0.122. The van der Waals surface area contributed by atoms with Crippen LogP contribution < -0.4 is 15.8 Å². The van der Waals surface area contributed by atoms with E-state index in [9.17, 15) is 17.6 Å². The second kappa shape index (κ2) is 5.37. The van der Waals surface area contributed by atoms with Crippen LogP contribution in [0.15, 0.2) is 23.1 Å². The van der Waals surface area contributed by atoms with Crippen LogP contribution in [0.4, 0.5) is 10.1 Å². The van der Waals surface area contributed by atoms with E-state index in [1.165, 1.54) is 6.92 Å². The molecule has 0 saturated heterocycles. The molecule has 1 unspecified atom stereocenters. The normalized spacial score (nSPS) is 16.7. The first kappa shape index (κ1) is 14.7. The number of hydrogen-bond acceptors (Lipinski definition) is 4. The van der Waals surface area contributed by atoms with Crippen molar-refractivity contribution in [2.45, 2.75) is 36.7 Å². The zero-order valence-electron chi connectivity index (χ0n) is 10.9. The van der Waals surface area contributed by atoms with Gasteiger partial charge in [-0.2, -0.15) is 4.72 Å². The average Bonchev–Trinajstić information content (AvgIpc) is 3.11. The third-order valence-corrected chi connectivity index (χ3v) is 4.37. The minimum absolute atomic E-state index is 0.000426. The topological polar surface area (TPSA) is 101 Å². The average molecular weight is 301 g/mol. The molecule has 1 fully saturated rings. The quantitative estimate of drug-likeness (QED) is 0.683. The van der Waals surface area contributed by atoms with Crippen LogP contribution in [-0.2, 0) is 14.8 Å². The van der Waals surface area contributed by atoms with Crippen molar-refractivity contribution in [3.8, 4) is 0 Å². The summed E-state index contributed by atoms with van der Waals surface area (Å²) in [5.41, 5.74) is 5.41. The van der Waals surface area contributed by atoms with Crippen molar-refractivity contribution >= 4 is 21.6 Å². The molecule has 0 aliphatic heterocycles. The maximum atomic E-state index is 13.2. The molecule has 0 radical (unpaired) electrons. The second-order valence-electron chi connectivity index (χ2n) is 4.85. The lowest BCUT2D eigenvalue weighted by Gasteiger charge is -2.14. The van der Waals surface area contributed by atoms with Gasteiger partial charge in [-0.1, -0.05) is 0 Å². The molecule has 8 heteroatoms. The Kier molecular flexibility index (Phi) is 3.96. The van der Waals surface area contributed by atoms with Crippen LogP contribution in [0.5, 0.6) is 0 Å². The highest BCUT2D eigenvalue weighted by atomic mass is 32.2. The van der Waals surface area contributed by atoms with Gasteiger partial charge in [0.2, 0.25) is 15.9 Å². The summed E-state index contributed by atoms with van der Waals surface area (Å²) in [6.07, 6.45) is 1.82. The summed E-state index contributed by atoms with van der Waals surface area (Å²) < 4.78 is 39.5.